The van der Waals surface area contributed by atoms with E-state index in [4.69, 9.17) is 15.9 Å². The van der Waals surface area contributed by atoms with E-state index in [1.807, 2.05) is 18.2 Å². The summed E-state index contributed by atoms with van der Waals surface area (Å²) in [6.07, 6.45) is 6.99. The van der Waals surface area contributed by atoms with Crippen LogP contribution in [0.5, 0.6) is 11.5 Å². The minimum absolute atomic E-state index is 0.755. The molecule has 0 radical (unpaired) electrons. The first-order valence-electron chi connectivity index (χ1n) is 5.67. The van der Waals surface area contributed by atoms with Gasteiger partial charge in [0.15, 0.2) is 11.5 Å². The van der Waals surface area contributed by atoms with Crippen LogP contribution in [0.3, 0.4) is 0 Å². The van der Waals surface area contributed by atoms with Crippen LogP contribution in [0.2, 0.25) is 0 Å². The summed E-state index contributed by atoms with van der Waals surface area (Å²) in [5.41, 5.74) is 1.09. The lowest BCUT2D eigenvalue weighted by atomic mass is 10.2. The summed E-state index contributed by atoms with van der Waals surface area (Å²) in [5, 5.41) is 3.33. The van der Waals surface area contributed by atoms with Gasteiger partial charge >= 0.3 is 0 Å². The van der Waals surface area contributed by atoms with E-state index in [1.165, 1.54) is 0 Å². The summed E-state index contributed by atoms with van der Waals surface area (Å²) in [7, 11) is 3.29. The molecular formula is C14H19NO2. The second-order valence-corrected chi connectivity index (χ2v) is 3.64. The van der Waals surface area contributed by atoms with Crippen molar-refractivity contribution in [2.24, 2.45) is 0 Å². The van der Waals surface area contributed by atoms with Gasteiger partial charge in [-0.3, -0.25) is 0 Å². The van der Waals surface area contributed by atoms with Crippen LogP contribution < -0.4 is 14.8 Å². The summed E-state index contributed by atoms with van der Waals surface area (Å²) in [5.74, 6) is 4.17. The van der Waals surface area contributed by atoms with Crippen molar-refractivity contribution in [3.63, 3.8) is 0 Å². The van der Waals surface area contributed by atoms with Crippen LogP contribution in [0, 0.1) is 12.3 Å². The normalized spacial score (nSPS) is 9.71. The molecule has 0 saturated carbocycles. The number of para-hydroxylation sites is 1. The van der Waals surface area contributed by atoms with E-state index >= 15 is 0 Å². The number of ether oxygens (including phenoxy) is 2. The lowest BCUT2D eigenvalue weighted by Crippen LogP contribution is -2.15. The van der Waals surface area contributed by atoms with Gasteiger partial charge in [-0.25, -0.2) is 0 Å². The minimum atomic E-state index is 0.755. The molecule has 0 aromatic heterocycles. The van der Waals surface area contributed by atoms with E-state index in [1.54, 1.807) is 14.2 Å². The Hall–Kier alpha value is -1.66. The van der Waals surface area contributed by atoms with Crippen molar-refractivity contribution in [3.8, 4) is 23.8 Å². The Kier molecular flexibility index (Phi) is 5.98. The van der Waals surface area contributed by atoms with Crippen molar-refractivity contribution in [2.45, 2.75) is 19.4 Å². The number of benzene rings is 1. The predicted molar refractivity (Wildman–Crippen MR) is 69.3 cm³/mol. The van der Waals surface area contributed by atoms with Crippen LogP contribution in [0.25, 0.3) is 0 Å². The van der Waals surface area contributed by atoms with Crippen LogP contribution in [0.15, 0.2) is 18.2 Å². The number of unbranched alkanes of at least 4 members (excludes halogenated alkanes) is 1. The molecule has 3 nitrogen and oxygen atoms in total. The first-order valence-corrected chi connectivity index (χ1v) is 5.67. The molecule has 0 aliphatic heterocycles. The quantitative estimate of drug-likeness (QED) is 0.578. The van der Waals surface area contributed by atoms with Crippen LogP contribution in [0.4, 0.5) is 0 Å². The van der Waals surface area contributed by atoms with Gasteiger partial charge in [0.05, 0.1) is 14.2 Å². The van der Waals surface area contributed by atoms with Gasteiger partial charge in [0.2, 0.25) is 0 Å². The van der Waals surface area contributed by atoms with Crippen molar-refractivity contribution in [3.05, 3.63) is 23.8 Å². The van der Waals surface area contributed by atoms with Gasteiger partial charge in [-0.2, -0.15) is 0 Å². The number of hydrogen-bond donors (Lipinski definition) is 1. The van der Waals surface area contributed by atoms with Gasteiger partial charge in [-0.05, 0) is 19.0 Å². The number of hydrogen-bond acceptors (Lipinski definition) is 3. The topological polar surface area (TPSA) is 30.5 Å². The van der Waals surface area contributed by atoms with Gasteiger partial charge < -0.3 is 14.8 Å². The molecule has 0 aliphatic rings. The molecule has 92 valence electrons. The largest absolute Gasteiger partial charge is 0.493 e. The van der Waals surface area contributed by atoms with Gasteiger partial charge in [-0.1, -0.05) is 12.1 Å². The van der Waals surface area contributed by atoms with Crippen molar-refractivity contribution < 1.29 is 9.47 Å². The first-order chi connectivity index (χ1) is 8.33. The molecule has 17 heavy (non-hydrogen) atoms. The molecule has 0 saturated heterocycles. The smallest absolute Gasteiger partial charge is 0.165 e. The van der Waals surface area contributed by atoms with Gasteiger partial charge in [0.1, 0.15) is 0 Å². The molecule has 3 heteroatoms. The fourth-order valence-corrected chi connectivity index (χ4v) is 1.63. The predicted octanol–water partition coefficient (Wildman–Crippen LogP) is 2.21. The van der Waals surface area contributed by atoms with Crippen molar-refractivity contribution in [2.75, 3.05) is 20.8 Å². The van der Waals surface area contributed by atoms with E-state index in [2.05, 4.69) is 11.2 Å². The molecule has 1 aromatic carbocycles. The third-order valence-electron chi connectivity index (χ3n) is 2.47. The van der Waals surface area contributed by atoms with E-state index in [9.17, 15) is 0 Å². The Bertz CT molecular complexity index is 382. The van der Waals surface area contributed by atoms with Crippen LogP contribution in [-0.2, 0) is 6.54 Å². The number of terminal acetylenes is 1. The SMILES string of the molecule is C#CCCCNCc1cccc(OC)c1OC. The van der Waals surface area contributed by atoms with Gasteiger partial charge in [0, 0.05) is 18.5 Å². The maximum Gasteiger partial charge on any atom is 0.165 e. The molecule has 0 bridgehead atoms. The average molecular weight is 233 g/mol. The molecule has 1 N–H and O–H groups in total. The highest BCUT2D eigenvalue weighted by Crippen LogP contribution is 2.30. The van der Waals surface area contributed by atoms with Crippen molar-refractivity contribution in [1.82, 2.24) is 5.32 Å². The molecule has 0 fully saturated rings. The zero-order valence-electron chi connectivity index (χ0n) is 10.5. The zero-order chi connectivity index (χ0) is 12.5. The Labute approximate surface area is 103 Å². The fourth-order valence-electron chi connectivity index (χ4n) is 1.63. The standard InChI is InChI=1S/C14H19NO2/c1-4-5-6-10-15-11-12-8-7-9-13(16-2)14(12)17-3/h1,7-9,15H,5-6,10-11H2,2-3H3. The number of rotatable bonds is 7. The van der Waals surface area contributed by atoms with Crippen LogP contribution in [-0.4, -0.2) is 20.8 Å². The Morgan fingerprint density at radius 2 is 2.12 bits per heavy atom. The average Bonchev–Trinajstić information content (AvgIpc) is 2.38. The summed E-state index contributed by atoms with van der Waals surface area (Å²) in [6, 6.07) is 5.87. The van der Waals surface area contributed by atoms with E-state index < -0.39 is 0 Å². The monoisotopic (exact) mass is 233 g/mol. The maximum absolute atomic E-state index is 5.35. The third kappa shape index (κ3) is 4.01. The van der Waals surface area contributed by atoms with E-state index in [0.29, 0.717) is 0 Å². The molecule has 0 spiro atoms. The van der Waals surface area contributed by atoms with Crippen LogP contribution >= 0.6 is 0 Å². The lowest BCUT2D eigenvalue weighted by molar-refractivity contribution is 0.350. The molecular weight excluding hydrogens is 214 g/mol. The lowest BCUT2D eigenvalue weighted by Gasteiger charge is -2.12. The summed E-state index contributed by atoms with van der Waals surface area (Å²) >= 11 is 0. The number of methoxy groups -OCH3 is 2. The molecule has 0 aliphatic carbocycles. The molecule has 1 aromatic rings. The molecule has 0 amide bonds. The highest BCUT2D eigenvalue weighted by molar-refractivity contribution is 5.46. The van der Waals surface area contributed by atoms with E-state index in [-0.39, 0.29) is 0 Å². The van der Waals surface area contributed by atoms with Crippen molar-refractivity contribution in [1.29, 1.82) is 0 Å². The van der Waals surface area contributed by atoms with Crippen LogP contribution in [0.1, 0.15) is 18.4 Å². The highest BCUT2D eigenvalue weighted by atomic mass is 16.5. The molecule has 0 unspecified atom stereocenters. The summed E-state index contributed by atoms with van der Waals surface area (Å²) in [4.78, 5) is 0. The fraction of sp³-hybridized carbons (Fsp3) is 0.429. The molecule has 1 rings (SSSR count). The molecule has 0 atom stereocenters. The molecule has 0 heterocycles. The zero-order valence-corrected chi connectivity index (χ0v) is 10.5. The van der Waals surface area contributed by atoms with E-state index in [0.717, 1.165) is 43.0 Å². The third-order valence-corrected chi connectivity index (χ3v) is 2.47. The number of nitrogens with one attached hydrogen (secondary N) is 1. The second-order valence-electron chi connectivity index (χ2n) is 3.64. The highest BCUT2D eigenvalue weighted by Gasteiger charge is 2.08. The maximum atomic E-state index is 5.35. The van der Waals surface area contributed by atoms with Gasteiger partial charge in [0.25, 0.3) is 0 Å². The van der Waals surface area contributed by atoms with Gasteiger partial charge in [-0.15, -0.1) is 12.3 Å². The summed E-state index contributed by atoms with van der Waals surface area (Å²) < 4.78 is 10.6. The second kappa shape index (κ2) is 7.59. The Morgan fingerprint density at radius 1 is 1.29 bits per heavy atom. The minimum Gasteiger partial charge on any atom is -0.493 e. The summed E-state index contributed by atoms with van der Waals surface area (Å²) in [6.45, 7) is 1.66. The Morgan fingerprint density at radius 3 is 2.76 bits per heavy atom. The van der Waals surface area contributed by atoms with Crippen molar-refractivity contribution >= 4 is 0 Å². The first kappa shape index (κ1) is 13.4. The Balaban J connectivity index is 2.55.